The minimum atomic E-state index is 0.534. The maximum atomic E-state index is 5.69. The van der Waals surface area contributed by atoms with Crippen LogP contribution in [0, 0.1) is 0 Å². The molecule has 0 radical (unpaired) electrons. The quantitative estimate of drug-likeness (QED) is 0.873. The Morgan fingerprint density at radius 1 is 1.36 bits per heavy atom. The van der Waals surface area contributed by atoms with Crippen LogP contribution < -0.4 is 5.32 Å². The molecule has 1 N–H and O–H groups in total. The van der Waals surface area contributed by atoms with E-state index in [0.717, 1.165) is 11.7 Å². The Morgan fingerprint density at radius 3 is 2.79 bits per heavy atom. The number of nitrogens with zero attached hydrogens (tertiary/aromatic N) is 2. The molecular weight excluding hydrogens is 218 g/mol. The Bertz CT molecular complexity index is 401. The largest absolute Gasteiger partial charge is 0.357 e. The Balaban J connectivity index is 1.95. The van der Waals surface area contributed by atoms with Gasteiger partial charge in [0.25, 0.3) is 0 Å². The fourth-order valence-corrected chi connectivity index (χ4v) is 1.85. The summed E-state index contributed by atoms with van der Waals surface area (Å²) in [5.74, 6) is 0. The van der Waals surface area contributed by atoms with Gasteiger partial charge < -0.3 is 5.32 Å². The second kappa shape index (κ2) is 4.39. The molecule has 2 rings (SSSR count). The lowest BCUT2D eigenvalue weighted by Crippen LogP contribution is -1.98. The summed E-state index contributed by atoms with van der Waals surface area (Å²) in [6, 6.07) is 3.92. The number of hydrogen-bond donors (Lipinski definition) is 1. The van der Waals surface area contributed by atoms with Crippen molar-refractivity contribution < 1.29 is 0 Å². The summed E-state index contributed by atoms with van der Waals surface area (Å²) in [6.45, 7) is 0.742. The van der Waals surface area contributed by atoms with E-state index in [1.54, 1.807) is 17.8 Å². The summed E-state index contributed by atoms with van der Waals surface area (Å²) in [6.07, 6.45) is 3.54. The predicted molar refractivity (Wildman–Crippen MR) is 58.7 cm³/mol. The summed E-state index contributed by atoms with van der Waals surface area (Å²) < 4.78 is 0. The average molecular weight is 226 g/mol. The molecule has 0 saturated carbocycles. The lowest BCUT2D eigenvalue weighted by Gasteiger charge is -2.01. The van der Waals surface area contributed by atoms with E-state index in [1.807, 2.05) is 12.1 Å². The van der Waals surface area contributed by atoms with Gasteiger partial charge in [-0.05, 0) is 17.7 Å². The molecule has 3 nitrogen and oxygen atoms in total. The molecule has 0 aliphatic rings. The van der Waals surface area contributed by atoms with Crippen molar-refractivity contribution >= 4 is 28.1 Å². The molecule has 0 bridgehead atoms. The van der Waals surface area contributed by atoms with E-state index in [9.17, 15) is 0 Å². The summed E-state index contributed by atoms with van der Waals surface area (Å²) in [5.41, 5.74) is 1.17. The third-order valence-electron chi connectivity index (χ3n) is 1.67. The van der Waals surface area contributed by atoms with E-state index < -0.39 is 0 Å². The monoisotopic (exact) mass is 225 g/mol. The van der Waals surface area contributed by atoms with Crippen LogP contribution in [0.15, 0.2) is 29.9 Å². The zero-order chi connectivity index (χ0) is 9.80. The maximum Gasteiger partial charge on any atom is 0.184 e. The number of aromatic nitrogens is 2. The van der Waals surface area contributed by atoms with E-state index in [4.69, 9.17) is 11.6 Å². The van der Waals surface area contributed by atoms with Crippen molar-refractivity contribution in [1.29, 1.82) is 0 Å². The number of hydrogen-bond acceptors (Lipinski definition) is 4. The number of nitrogens with one attached hydrogen (secondary N) is 1. The van der Waals surface area contributed by atoms with E-state index in [-0.39, 0.29) is 0 Å². The van der Waals surface area contributed by atoms with Crippen LogP contribution in [0.1, 0.15) is 5.56 Å². The topological polar surface area (TPSA) is 37.8 Å². The van der Waals surface area contributed by atoms with Crippen LogP contribution in [-0.2, 0) is 6.54 Å². The highest BCUT2D eigenvalue weighted by atomic mass is 35.5. The molecule has 0 saturated heterocycles. The van der Waals surface area contributed by atoms with Crippen molar-refractivity contribution in [1.82, 2.24) is 9.97 Å². The molecule has 0 amide bonds. The van der Waals surface area contributed by atoms with Gasteiger partial charge in [0.2, 0.25) is 0 Å². The second-order valence-electron chi connectivity index (χ2n) is 2.68. The molecule has 0 spiro atoms. The Hall–Kier alpha value is -1.13. The van der Waals surface area contributed by atoms with Crippen molar-refractivity contribution in [3.05, 3.63) is 40.6 Å². The molecule has 72 valence electrons. The first-order chi connectivity index (χ1) is 6.84. The highest BCUT2D eigenvalue weighted by Crippen LogP contribution is 2.19. The third kappa shape index (κ3) is 2.43. The molecule has 0 aliphatic carbocycles. The zero-order valence-corrected chi connectivity index (χ0v) is 8.85. The van der Waals surface area contributed by atoms with Crippen LogP contribution in [0.4, 0.5) is 5.13 Å². The molecule has 2 aromatic rings. The van der Waals surface area contributed by atoms with E-state index in [0.29, 0.717) is 5.15 Å². The summed E-state index contributed by atoms with van der Waals surface area (Å²) >= 11 is 7.19. The average Bonchev–Trinajstić information content (AvgIpc) is 2.63. The van der Waals surface area contributed by atoms with Crippen molar-refractivity contribution in [3.63, 3.8) is 0 Å². The molecule has 0 atom stereocenters. The van der Waals surface area contributed by atoms with E-state index >= 15 is 0 Å². The molecule has 2 aromatic heterocycles. The van der Waals surface area contributed by atoms with Crippen molar-refractivity contribution in [2.45, 2.75) is 6.54 Å². The molecule has 0 aliphatic heterocycles. The van der Waals surface area contributed by atoms with Crippen LogP contribution in [-0.4, -0.2) is 9.97 Å². The first kappa shape index (κ1) is 9.43. The van der Waals surface area contributed by atoms with E-state index in [1.165, 1.54) is 16.9 Å². The molecular formula is C9H8ClN3S. The van der Waals surface area contributed by atoms with Gasteiger partial charge in [0, 0.05) is 24.3 Å². The van der Waals surface area contributed by atoms with Gasteiger partial charge in [-0.2, -0.15) is 0 Å². The van der Waals surface area contributed by atoms with E-state index in [2.05, 4.69) is 15.3 Å². The maximum absolute atomic E-state index is 5.69. The number of thiazole rings is 1. The SMILES string of the molecule is Clc1csc(NCc2ccncc2)n1. The van der Waals surface area contributed by atoms with Gasteiger partial charge in [-0.1, -0.05) is 11.6 Å². The lowest BCUT2D eigenvalue weighted by molar-refractivity contribution is 1.12. The van der Waals surface area contributed by atoms with Crippen molar-refractivity contribution in [2.75, 3.05) is 5.32 Å². The Morgan fingerprint density at radius 2 is 2.14 bits per heavy atom. The zero-order valence-electron chi connectivity index (χ0n) is 7.27. The molecule has 2 heterocycles. The van der Waals surface area contributed by atoms with Gasteiger partial charge in [-0.15, -0.1) is 11.3 Å². The summed E-state index contributed by atoms with van der Waals surface area (Å²) in [5, 5.41) is 6.35. The van der Waals surface area contributed by atoms with Crippen molar-refractivity contribution in [3.8, 4) is 0 Å². The van der Waals surface area contributed by atoms with Crippen LogP contribution in [0.5, 0.6) is 0 Å². The highest BCUT2D eigenvalue weighted by Gasteiger charge is 1.98. The minimum Gasteiger partial charge on any atom is -0.357 e. The number of halogens is 1. The van der Waals surface area contributed by atoms with Gasteiger partial charge in [-0.25, -0.2) is 4.98 Å². The normalized spacial score (nSPS) is 10.1. The first-order valence-electron chi connectivity index (χ1n) is 4.08. The molecule has 0 unspecified atom stereocenters. The molecule has 14 heavy (non-hydrogen) atoms. The number of anilines is 1. The van der Waals surface area contributed by atoms with Gasteiger partial charge in [0.05, 0.1) is 0 Å². The Kier molecular flexibility index (Phi) is 2.96. The standard InChI is InChI=1S/C9H8ClN3S/c10-8-6-14-9(13-8)12-5-7-1-3-11-4-2-7/h1-4,6H,5H2,(H,12,13). The first-order valence-corrected chi connectivity index (χ1v) is 5.34. The van der Waals surface area contributed by atoms with Gasteiger partial charge in [0.1, 0.15) is 5.15 Å². The third-order valence-corrected chi connectivity index (χ3v) is 2.79. The second-order valence-corrected chi connectivity index (χ2v) is 3.93. The molecule has 0 aromatic carbocycles. The molecule has 0 fully saturated rings. The van der Waals surface area contributed by atoms with Crippen molar-refractivity contribution in [2.24, 2.45) is 0 Å². The minimum absolute atomic E-state index is 0.534. The lowest BCUT2D eigenvalue weighted by atomic mass is 10.3. The fraction of sp³-hybridized carbons (Fsp3) is 0.111. The van der Waals surface area contributed by atoms with Crippen LogP contribution in [0.25, 0.3) is 0 Å². The van der Waals surface area contributed by atoms with Crippen LogP contribution in [0.3, 0.4) is 0 Å². The predicted octanol–water partition coefficient (Wildman–Crippen LogP) is 2.80. The molecule has 5 heteroatoms. The summed E-state index contributed by atoms with van der Waals surface area (Å²) in [7, 11) is 0. The summed E-state index contributed by atoms with van der Waals surface area (Å²) in [4.78, 5) is 8.03. The fourth-order valence-electron chi connectivity index (χ4n) is 1.01. The Labute approximate surface area is 90.8 Å². The number of pyridine rings is 1. The van der Waals surface area contributed by atoms with Gasteiger partial charge in [-0.3, -0.25) is 4.98 Å². The van der Waals surface area contributed by atoms with Gasteiger partial charge in [0.15, 0.2) is 5.13 Å². The van der Waals surface area contributed by atoms with Crippen LogP contribution in [0.2, 0.25) is 5.15 Å². The van der Waals surface area contributed by atoms with Crippen LogP contribution >= 0.6 is 22.9 Å². The highest BCUT2D eigenvalue weighted by molar-refractivity contribution is 7.14. The van der Waals surface area contributed by atoms with Gasteiger partial charge >= 0.3 is 0 Å². The smallest absolute Gasteiger partial charge is 0.184 e. The number of rotatable bonds is 3.